The van der Waals surface area contributed by atoms with Crippen molar-refractivity contribution in [2.24, 2.45) is 7.05 Å². The fourth-order valence-electron chi connectivity index (χ4n) is 3.18. The fourth-order valence-corrected chi connectivity index (χ4v) is 3.18. The Morgan fingerprint density at radius 1 is 1.13 bits per heavy atom. The molecule has 0 fully saturated rings. The van der Waals surface area contributed by atoms with E-state index in [1.807, 2.05) is 24.3 Å². The number of nitriles is 1. The van der Waals surface area contributed by atoms with Crippen LogP contribution in [0.2, 0.25) is 0 Å². The van der Waals surface area contributed by atoms with Gasteiger partial charge in [-0.3, -0.25) is 19.1 Å². The molecule has 0 aliphatic rings. The third-order valence-corrected chi connectivity index (χ3v) is 5.12. The summed E-state index contributed by atoms with van der Waals surface area (Å²) in [5, 5.41) is 16.0. The molecule has 0 spiro atoms. The number of carbonyl (C=O) groups excluding carboxylic acids is 1. The van der Waals surface area contributed by atoms with Crippen LogP contribution in [0.4, 0.5) is 5.69 Å². The summed E-state index contributed by atoms with van der Waals surface area (Å²) in [6.45, 7) is 5.10. The quantitative estimate of drug-likeness (QED) is 0.690. The molecule has 1 amide bonds. The molecule has 0 atom stereocenters. The highest BCUT2D eigenvalue weighted by Crippen LogP contribution is 2.14. The van der Waals surface area contributed by atoms with Gasteiger partial charge in [0.2, 0.25) is 5.91 Å². The maximum Gasteiger partial charge on any atom is 0.295 e. The van der Waals surface area contributed by atoms with Gasteiger partial charge in [0.1, 0.15) is 17.3 Å². The summed E-state index contributed by atoms with van der Waals surface area (Å²) >= 11 is 0. The molecule has 0 aliphatic carbocycles. The molecular weight excluding hydrogens is 384 g/mol. The molecule has 3 rings (SSSR count). The summed E-state index contributed by atoms with van der Waals surface area (Å²) in [6.07, 6.45) is -0.0701. The minimum Gasteiger partial charge on any atom is -0.320 e. The van der Waals surface area contributed by atoms with Crippen molar-refractivity contribution in [2.45, 2.75) is 33.7 Å². The van der Waals surface area contributed by atoms with Gasteiger partial charge in [0, 0.05) is 13.5 Å². The molecule has 2 aromatic heterocycles. The molecule has 0 saturated carbocycles. The van der Waals surface area contributed by atoms with Gasteiger partial charge >= 0.3 is 0 Å². The first kappa shape index (κ1) is 20.8. The Bertz CT molecular complexity index is 1280. The van der Waals surface area contributed by atoms with E-state index in [-0.39, 0.29) is 29.8 Å². The van der Waals surface area contributed by atoms with Crippen LogP contribution in [0.25, 0.3) is 5.69 Å². The summed E-state index contributed by atoms with van der Waals surface area (Å²) in [5.41, 5.74) is 1.70. The van der Waals surface area contributed by atoms with Gasteiger partial charge in [-0.05, 0) is 38.5 Å². The van der Waals surface area contributed by atoms with Crippen LogP contribution in [0.1, 0.15) is 28.9 Å². The van der Waals surface area contributed by atoms with E-state index in [0.29, 0.717) is 22.6 Å². The molecule has 0 unspecified atom stereocenters. The second kappa shape index (κ2) is 8.21. The molecule has 9 heteroatoms. The van der Waals surface area contributed by atoms with Crippen molar-refractivity contribution in [3.8, 4) is 11.8 Å². The van der Waals surface area contributed by atoms with Gasteiger partial charge in [-0.25, -0.2) is 9.36 Å². The monoisotopic (exact) mass is 406 g/mol. The minimum absolute atomic E-state index is 0.000770. The van der Waals surface area contributed by atoms with Gasteiger partial charge in [0.05, 0.1) is 23.6 Å². The van der Waals surface area contributed by atoms with E-state index in [9.17, 15) is 19.6 Å². The third kappa shape index (κ3) is 3.67. The number of rotatable bonds is 5. The number of nitrogens with zero attached hydrogens (tertiary/aromatic N) is 5. The van der Waals surface area contributed by atoms with Crippen molar-refractivity contribution in [1.29, 1.82) is 5.26 Å². The van der Waals surface area contributed by atoms with E-state index in [4.69, 9.17) is 0 Å². The fraction of sp³-hybridized carbons (Fsp3) is 0.286. The standard InChI is InChI=1S/C21H22N6O3/c1-13-14(2)24-26(20(29)17(13)12-22)11-10-18(28)23-19-15(3)25(4)27(21(19)30)16-8-6-5-7-9-16/h5-9H,10-11H2,1-4H3,(H,23,28). The second-order valence-electron chi connectivity index (χ2n) is 6.96. The zero-order valence-corrected chi connectivity index (χ0v) is 17.3. The van der Waals surface area contributed by atoms with Crippen molar-refractivity contribution in [3.63, 3.8) is 0 Å². The normalized spacial score (nSPS) is 10.6. The van der Waals surface area contributed by atoms with Crippen molar-refractivity contribution in [1.82, 2.24) is 19.1 Å². The van der Waals surface area contributed by atoms with Gasteiger partial charge < -0.3 is 5.32 Å². The zero-order chi connectivity index (χ0) is 22.0. The Balaban J connectivity index is 1.82. The number of hydrogen-bond acceptors (Lipinski definition) is 5. The average molecular weight is 406 g/mol. The first-order valence-electron chi connectivity index (χ1n) is 9.38. The van der Waals surface area contributed by atoms with Crippen LogP contribution in [0.15, 0.2) is 39.9 Å². The number of aryl methyl sites for hydroxylation is 2. The molecule has 9 nitrogen and oxygen atoms in total. The van der Waals surface area contributed by atoms with Crippen LogP contribution in [0.3, 0.4) is 0 Å². The maximum absolute atomic E-state index is 12.9. The lowest BCUT2D eigenvalue weighted by Gasteiger charge is -2.09. The lowest BCUT2D eigenvalue weighted by atomic mass is 10.1. The van der Waals surface area contributed by atoms with Gasteiger partial charge in [0.15, 0.2) is 0 Å². The summed E-state index contributed by atoms with van der Waals surface area (Å²) in [5.74, 6) is -0.425. The van der Waals surface area contributed by atoms with E-state index in [1.165, 1.54) is 4.68 Å². The number of aromatic nitrogens is 4. The van der Waals surface area contributed by atoms with Crippen LogP contribution in [0.5, 0.6) is 0 Å². The number of anilines is 1. The number of para-hydroxylation sites is 1. The Hall–Kier alpha value is -3.93. The highest BCUT2D eigenvalue weighted by molar-refractivity contribution is 5.91. The van der Waals surface area contributed by atoms with Crippen LogP contribution in [-0.2, 0) is 18.4 Å². The zero-order valence-electron chi connectivity index (χ0n) is 17.3. The van der Waals surface area contributed by atoms with Crippen LogP contribution in [0, 0.1) is 32.1 Å². The number of amides is 1. The number of benzene rings is 1. The molecule has 2 heterocycles. The van der Waals surface area contributed by atoms with Crippen LogP contribution >= 0.6 is 0 Å². The molecule has 0 radical (unpaired) electrons. The third-order valence-electron chi connectivity index (χ3n) is 5.12. The Morgan fingerprint density at radius 2 is 1.80 bits per heavy atom. The Kier molecular flexibility index (Phi) is 5.69. The molecule has 1 aromatic carbocycles. The molecule has 0 saturated heterocycles. The predicted octanol–water partition coefficient (Wildman–Crippen LogP) is 1.56. The lowest BCUT2D eigenvalue weighted by molar-refractivity contribution is -0.116. The SMILES string of the molecule is Cc1nn(CCC(=O)Nc2c(C)n(C)n(-c3ccccc3)c2=O)c(=O)c(C#N)c1C. The van der Waals surface area contributed by atoms with Gasteiger partial charge in [-0.2, -0.15) is 10.4 Å². The first-order chi connectivity index (χ1) is 14.3. The van der Waals surface area contributed by atoms with E-state index >= 15 is 0 Å². The van der Waals surface area contributed by atoms with Crippen molar-refractivity contribution in [3.05, 3.63) is 73.6 Å². The van der Waals surface area contributed by atoms with Crippen LogP contribution in [-0.4, -0.2) is 25.1 Å². The topological polar surface area (TPSA) is 115 Å². The summed E-state index contributed by atoms with van der Waals surface area (Å²) < 4.78 is 4.25. The largest absolute Gasteiger partial charge is 0.320 e. The van der Waals surface area contributed by atoms with Gasteiger partial charge in [0.25, 0.3) is 11.1 Å². The van der Waals surface area contributed by atoms with E-state index in [2.05, 4.69) is 10.4 Å². The molecule has 0 aliphatic heterocycles. The van der Waals surface area contributed by atoms with E-state index in [1.54, 1.807) is 44.6 Å². The summed E-state index contributed by atoms with van der Waals surface area (Å²) in [6, 6.07) is 11.0. The van der Waals surface area contributed by atoms with Crippen molar-refractivity contribution < 1.29 is 4.79 Å². The highest BCUT2D eigenvalue weighted by Gasteiger charge is 2.18. The molecular formula is C21H22N6O3. The summed E-state index contributed by atoms with van der Waals surface area (Å²) in [4.78, 5) is 37.7. The molecule has 30 heavy (non-hydrogen) atoms. The van der Waals surface area contributed by atoms with E-state index < -0.39 is 11.5 Å². The molecule has 1 N–H and O–H groups in total. The molecule has 3 aromatic rings. The Labute approximate surface area is 172 Å². The predicted molar refractivity (Wildman–Crippen MR) is 112 cm³/mol. The number of carbonyl (C=O) groups is 1. The van der Waals surface area contributed by atoms with Crippen molar-refractivity contribution in [2.75, 3.05) is 5.32 Å². The molecule has 0 bridgehead atoms. The smallest absolute Gasteiger partial charge is 0.295 e. The van der Waals surface area contributed by atoms with Gasteiger partial charge in [-0.1, -0.05) is 18.2 Å². The summed E-state index contributed by atoms with van der Waals surface area (Å²) in [7, 11) is 1.74. The molecule has 154 valence electrons. The Morgan fingerprint density at radius 3 is 2.43 bits per heavy atom. The first-order valence-corrected chi connectivity index (χ1v) is 9.38. The lowest BCUT2D eigenvalue weighted by Crippen LogP contribution is -2.29. The second-order valence-corrected chi connectivity index (χ2v) is 6.96. The average Bonchev–Trinajstić information content (AvgIpc) is 2.94. The highest BCUT2D eigenvalue weighted by atomic mass is 16.2. The van der Waals surface area contributed by atoms with Gasteiger partial charge in [-0.15, -0.1) is 0 Å². The van der Waals surface area contributed by atoms with E-state index in [0.717, 1.165) is 4.68 Å². The number of hydrogen-bond donors (Lipinski definition) is 1. The minimum atomic E-state index is -0.532. The van der Waals surface area contributed by atoms with Crippen LogP contribution < -0.4 is 16.4 Å². The maximum atomic E-state index is 12.9. The van der Waals surface area contributed by atoms with Crippen molar-refractivity contribution >= 4 is 11.6 Å². The number of nitrogens with one attached hydrogen (secondary N) is 1.